The molecule has 0 N–H and O–H groups in total. The van der Waals surface area contributed by atoms with Crippen LogP contribution in [-0.4, -0.2) is 10.2 Å². The Morgan fingerprint density at radius 3 is 2.40 bits per heavy atom. The molecule has 0 atom stereocenters. The highest BCUT2D eigenvalue weighted by Gasteiger charge is 2.02. The Hall–Kier alpha value is -1.32. The van der Waals surface area contributed by atoms with Gasteiger partial charge in [0.05, 0.1) is 5.02 Å². The fourth-order valence-electron chi connectivity index (χ4n) is 0.998. The van der Waals surface area contributed by atoms with Gasteiger partial charge in [0, 0.05) is 6.07 Å². The molecule has 0 amide bonds. The number of ether oxygens (including phenoxy) is 1. The molecule has 1 heterocycles. The number of rotatable bonds is 2. The average molecular weight is 241 g/mol. The number of aromatic nitrogens is 2. The molecule has 0 unspecified atom stereocenters. The van der Waals surface area contributed by atoms with Crippen molar-refractivity contribution in [3.8, 4) is 11.6 Å². The molecule has 0 saturated carbocycles. The van der Waals surface area contributed by atoms with E-state index < -0.39 is 0 Å². The Bertz CT molecular complexity index is 459. The van der Waals surface area contributed by atoms with Gasteiger partial charge in [0.25, 0.3) is 0 Å². The summed E-state index contributed by atoms with van der Waals surface area (Å²) in [5.74, 6) is 0.892. The molecule has 0 spiro atoms. The molecular formula is C10H6Cl2N2O. The van der Waals surface area contributed by atoms with Gasteiger partial charge in [-0.15, -0.1) is 10.2 Å². The number of benzene rings is 1. The first-order valence-electron chi connectivity index (χ1n) is 4.17. The molecule has 76 valence electrons. The van der Waals surface area contributed by atoms with Gasteiger partial charge >= 0.3 is 0 Å². The monoisotopic (exact) mass is 240 g/mol. The Morgan fingerprint density at radius 1 is 0.933 bits per heavy atom. The number of hydrogen-bond donors (Lipinski definition) is 0. The van der Waals surface area contributed by atoms with E-state index in [1.807, 2.05) is 12.1 Å². The van der Waals surface area contributed by atoms with Gasteiger partial charge in [-0.05, 0) is 18.2 Å². The van der Waals surface area contributed by atoms with Gasteiger partial charge in [-0.3, -0.25) is 0 Å². The van der Waals surface area contributed by atoms with Crippen molar-refractivity contribution in [3.05, 3.63) is 46.6 Å². The zero-order valence-electron chi connectivity index (χ0n) is 7.52. The molecular weight excluding hydrogens is 235 g/mol. The predicted molar refractivity (Wildman–Crippen MR) is 58.6 cm³/mol. The van der Waals surface area contributed by atoms with E-state index in [0.29, 0.717) is 21.8 Å². The highest BCUT2D eigenvalue weighted by molar-refractivity contribution is 6.32. The SMILES string of the molecule is Clc1ccc(Oc2ccccc2Cl)nn1. The van der Waals surface area contributed by atoms with E-state index in [0.717, 1.165) is 0 Å². The average Bonchev–Trinajstić information content (AvgIpc) is 2.25. The lowest BCUT2D eigenvalue weighted by atomic mass is 10.3. The second-order valence-corrected chi connectivity index (χ2v) is 3.52. The molecule has 1 aromatic heterocycles. The summed E-state index contributed by atoms with van der Waals surface area (Å²) in [5.41, 5.74) is 0. The Balaban J connectivity index is 2.22. The maximum atomic E-state index is 5.91. The minimum Gasteiger partial charge on any atom is -0.436 e. The third-order valence-corrected chi connectivity index (χ3v) is 2.17. The lowest BCUT2D eigenvalue weighted by Gasteiger charge is -2.04. The number of para-hydroxylation sites is 1. The molecule has 0 radical (unpaired) electrons. The van der Waals surface area contributed by atoms with Gasteiger partial charge in [-0.25, -0.2) is 0 Å². The van der Waals surface area contributed by atoms with E-state index in [2.05, 4.69) is 10.2 Å². The van der Waals surface area contributed by atoms with Crippen LogP contribution in [0, 0.1) is 0 Å². The summed E-state index contributed by atoms with van der Waals surface area (Å²) >= 11 is 11.5. The largest absolute Gasteiger partial charge is 0.436 e. The molecule has 2 rings (SSSR count). The van der Waals surface area contributed by atoms with Crippen LogP contribution in [0.4, 0.5) is 0 Å². The molecule has 0 bridgehead atoms. The molecule has 0 aliphatic rings. The van der Waals surface area contributed by atoms with Gasteiger partial charge in [0.1, 0.15) is 5.75 Å². The zero-order valence-corrected chi connectivity index (χ0v) is 9.03. The summed E-state index contributed by atoms with van der Waals surface area (Å²) in [7, 11) is 0. The van der Waals surface area contributed by atoms with Gasteiger partial charge in [0.15, 0.2) is 5.15 Å². The van der Waals surface area contributed by atoms with Crippen LogP contribution in [0.3, 0.4) is 0 Å². The number of halogens is 2. The van der Waals surface area contributed by atoms with Crippen molar-refractivity contribution >= 4 is 23.2 Å². The summed E-state index contributed by atoms with van der Waals surface area (Å²) in [6, 6.07) is 10.4. The lowest BCUT2D eigenvalue weighted by Crippen LogP contribution is -1.90. The van der Waals surface area contributed by atoms with Crippen LogP contribution in [0.5, 0.6) is 11.6 Å². The van der Waals surface area contributed by atoms with Crippen LogP contribution < -0.4 is 4.74 Å². The van der Waals surface area contributed by atoms with E-state index in [1.54, 1.807) is 24.3 Å². The summed E-state index contributed by atoms with van der Waals surface area (Å²) in [6.07, 6.45) is 0. The standard InChI is InChI=1S/C10H6Cl2N2O/c11-7-3-1-2-4-8(7)15-10-6-5-9(12)13-14-10/h1-6H. The maximum absolute atomic E-state index is 5.91. The van der Waals surface area contributed by atoms with Crippen LogP contribution in [0.25, 0.3) is 0 Å². The summed E-state index contributed by atoms with van der Waals surface area (Å²) in [5, 5.41) is 8.25. The van der Waals surface area contributed by atoms with Crippen molar-refractivity contribution in [3.63, 3.8) is 0 Å². The molecule has 2 aromatic rings. The highest BCUT2D eigenvalue weighted by Crippen LogP contribution is 2.27. The summed E-state index contributed by atoms with van der Waals surface area (Å²) in [6.45, 7) is 0. The third-order valence-electron chi connectivity index (χ3n) is 1.66. The highest BCUT2D eigenvalue weighted by atomic mass is 35.5. The van der Waals surface area contributed by atoms with Crippen LogP contribution >= 0.6 is 23.2 Å². The second kappa shape index (κ2) is 4.47. The molecule has 5 heteroatoms. The van der Waals surface area contributed by atoms with Crippen molar-refractivity contribution < 1.29 is 4.74 Å². The maximum Gasteiger partial charge on any atom is 0.239 e. The zero-order chi connectivity index (χ0) is 10.7. The molecule has 15 heavy (non-hydrogen) atoms. The molecule has 0 aliphatic carbocycles. The lowest BCUT2D eigenvalue weighted by molar-refractivity contribution is 0.455. The summed E-state index contributed by atoms with van der Waals surface area (Å²) < 4.78 is 5.40. The minimum atomic E-state index is 0.321. The minimum absolute atomic E-state index is 0.321. The topological polar surface area (TPSA) is 35.0 Å². The number of nitrogens with zero attached hydrogens (tertiary/aromatic N) is 2. The quantitative estimate of drug-likeness (QED) is 0.805. The van der Waals surface area contributed by atoms with E-state index in [-0.39, 0.29) is 0 Å². The smallest absolute Gasteiger partial charge is 0.239 e. The van der Waals surface area contributed by atoms with E-state index in [4.69, 9.17) is 27.9 Å². The second-order valence-electron chi connectivity index (χ2n) is 2.73. The Kier molecular flexibility index (Phi) is 3.04. The fourth-order valence-corrected chi connectivity index (χ4v) is 1.27. The van der Waals surface area contributed by atoms with Gasteiger partial charge in [0.2, 0.25) is 5.88 Å². The summed E-state index contributed by atoms with van der Waals surface area (Å²) in [4.78, 5) is 0. The van der Waals surface area contributed by atoms with Crippen molar-refractivity contribution in [2.75, 3.05) is 0 Å². The first-order valence-corrected chi connectivity index (χ1v) is 4.93. The fraction of sp³-hybridized carbons (Fsp3) is 0. The van der Waals surface area contributed by atoms with Crippen molar-refractivity contribution in [2.24, 2.45) is 0 Å². The molecule has 1 aromatic carbocycles. The molecule has 0 fully saturated rings. The first-order chi connectivity index (χ1) is 7.25. The van der Waals surface area contributed by atoms with Gasteiger partial charge in [-0.2, -0.15) is 0 Å². The Labute approximate surface area is 96.6 Å². The van der Waals surface area contributed by atoms with Crippen molar-refractivity contribution in [2.45, 2.75) is 0 Å². The third kappa shape index (κ3) is 2.58. The molecule has 3 nitrogen and oxygen atoms in total. The number of hydrogen-bond acceptors (Lipinski definition) is 3. The van der Waals surface area contributed by atoms with Crippen molar-refractivity contribution in [1.29, 1.82) is 0 Å². The van der Waals surface area contributed by atoms with Gasteiger partial charge in [-0.1, -0.05) is 35.3 Å². The molecule has 0 aliphatic heterocycles. The van der Waals surface area contributed by atoms with E-state index in [9.17, 15) is 0 Å². The van der Waals surface area contributed by atoms with Crippen molar-refractivity contribution in [1.82, 2.24) is 10.2 Å². The predicted octanol–water partition coefficient (Wildman–Crippen LogP) is 3.58. The molecule has 0 saturated heterocycles. The van der Waals surface area contributed by atoms with Gasteiger partial charge < -0.3 is 4.74 Å². The van der Waals surface area contributed by atoms with Crippen LogP contribution in [0.1, 0.15) is 0 Å². The normalized spacial score (nSPS) is 10.0. The van der Waals surface area contributed by atoms with E-state index in [1.165, 1.54) is 0 Å². The van der Waals surface area contributed by atoms with Crippen LogP contribution in [0.15, 0.2) is 36.4 Å². The Morgan fingerprint density at radius 2 is 1.73 bits per heavy atom. The van der Waals surface area contributed by atoms with Crippen LogP contribution in [-0.2, 0) is 0 Å². The van der Waals surface area contributed by atoms with E-state index >= 15 is 0 Å². The van der Waals surface area contributed by atoms with Crippen LogP contribution in [0.2, 0.25) is 10.2 Å². The first kappa shape index (κ1) is 10.2.